The lowest BCUT2D eigenvalue weighted by Crippen LogP contribution is -2.21. The van der Waals surface area contributed by atoms with Crippen molar-refractivity contribution in [2.75, 3.05) is 7.11 Å². The molecule has 2 N–H and O–H groups in total. The number of nitrogens with zero attached hydrogens (tertiary/aromatic N) is 2. The smallest absolute Gasteiger partial charge is 0.283 e. The normalized spacial score (nSPS) is 19.4. The largest absolute Gasteiger partial charge is 0.497 e. The average Bonchev–Trinajstić information content (AvgIpc) is 2.81. The zero-order valence-corrected chi connectivity index (χ0v) is 9.23. The molecule has 1 aromatic heterocycles. The molecule has 0 aliphatic carbocycles. The molecular formula is C9H9N3O3S. The van der Waals surface area contributed by atoms with E-state index in [-0.39, 0.29) is 5.76 Å². The molecule has 0 spiro atoms. The van der Waals surface area contributed by atoms with E-state index in [9.17, 15) is 4.79 Å². The van der Waals surface area contributed by atoms with Crippen LogP contribution in [-0.2, 0) is 14.3 Å². The molecule has 1 unspecified atom stereocenters. The average molecular weight is 239 g/mol. The number of rotatable bonds is 3. The van der Waals surface area contributed by atoms with Gasteiger partial charge in [-0.3, -0.25) is 4.79 Å². The number of amides is 1. The van der Waals surface area contributed by atoms with Gasteiger partial charge in [-0.15, -0.1) is 21.5 Å². The van der Waals surface area contributed by atoms with Crippen LogP contribution in [0.1, 0.15) is 11.1 Å². The molecule has 2 heterocycles. The van der Waals surface area contributed by atoms with Gasteiger partial charge in [-0.2, -0.15) is 0 Å². The van der Waals surface area contributed by atoms with Crippen molar-refractivity contribution in [3.63, 3.8) is 0 Å². The van der Waals surface area contributed by atoms with Gasteiger partial charge < -0.3 is 15.2 Å². The Morgan fingerprint density at radius 3 is 3.00 bits per heavy atom. The Balaban J connectivity index is 2.30. The molecule has 1 aromatic rings. The summed E-state index contributed by atoms with van der Waals surface area (Å²) in [6.07, 6.45) is 2.55. The van der Waals surface area contributed by atoms with Crippen molar-refractivity contribution < 1.29 is 14.3 Å². The molecule has 2 rings (SSSR count). The highest BCUT2D eigenvalue weighted by molar-refractivity contribution is 7.09. The number of carbonyl (C=O) groups is 1. The zero-order valence-electron chi connectivity index (χ0n) is 8.41. The maximum atomic E-state index is 11.0. The second kappa shape index (κ2) is 4.31. The summed E-state index contributed by atoms with van der Waals surface area (Å²) in [6, 6.07) is 0. The molecule has 0 fully saturated rings. The number of nitrogens with two attached hydrogens (primary N) is 1. The number of hydrogen-bond donors (Lipinski definition) is 1. The summed E-state index contributed by atoms with van der Waals surface area (Å²) >= 11 is 1.31. The molecule has 1 amide bonds. The van der Waals surface area contributed by atoms with E-state index in [0.29, 0.717) is 10.8 Å². The lowest BCUT2D eigenvalue weighted by molar-refractivity contribution is -0.119. The van der Waals surface area contributed by atoms with Gasteiger partial charge in [0, 0.05) is 0 Å². The number of ether oxygens (including phenoxy) is 2. The molecule has 1 aliphatic heterocycles. The predicted molar refractivity (Wildman–Crippen MR) is 56.1 cm³/mol. The Morgan fingerprint density at radius 2 is 2.44 bits per heavy atom. The fourth-order valence-electron chi connectivity index (χ4n) is 1.25. The fraction of sp³-hybridized carbons (Fsp3) is 0.222. The van der Waals surface area contributed by atoms with Crippen molar-refractivity contribution in [1.82, 2.24) is 10.2 Å². The fourth-order valence-corrected chi connectivity index (χ4v) is 1.84. The zero-order chi connectivity index (χ0) is 11.5. The summed E-state index contributed by atoms with van der Waals surface area (Å²) in [5.41, 5.74) is 6.71. The van der Waals surface area contributed by atoms with E-state index in [4.69, 9.17) is 15.2 Å². The van der Waals surface area contributed by atoms with Crippen LogP contribution in [0.3, 0.4) is 0 Å². The first-order valence-electron chi connectivity index (χ1n) is 4.40. The second-order valence-corrected chi connectivity index (χ2v) is 3.81. The van der Waals surface area contributed by atoms with Gasteiger partial charge in [-0.05, 0) is 12.2 Å². The molecule has 7 heteroatoms. The summed E-state index contributed by atoms with van der Waals surface area (Å²) < 4.78 is 10.5. The van der Waals surface area contributed by atoms with E-state index in [1.807, 2.05) is 0 Å². The summed E-state index contributed by atoms with van der Waals surface area (Å²) in [4.78, 5) is 11.0. The second-order valence-electron chi connectivity index (χ2n) is 2.94. The van der Waals surface area contributed by atoms with Crippen LogP contribution in [-0.4, -0.2) is 23.2 Å². The predicted octanol–water partition coefficient (Wildman–Crippen LogP) is 0.509. The van der Waals surface area contributed by atoms with Gasteiger partial charge in [0.05, 0.1) is 7.11 Å². The van der Waals surface area contributed by atoms with Gasteiger partial charge in [0.1, 0.15) is 11.3 Å². The van der Waals surface area contributed by atoms with Crippen LogP contribution in [0.2, 0.25) is 0 Å². The molecule has 0 aromatic carbocycles. The lowest BCUT2D eigenvalue weighted by atomic mass is 10.2. The van der Waals surface area contributed by atoms with Gasteiger partial charge in [-0.1, -0.05) is 0 Å². The van der Waals surface area contributed by atoms with Crippen molar-refractivity contribution in [2.24, 2.45) is 5.73 Å². The standard InChI is InChI=1S/C9H9N3O3S/c1-14-5-2-3-6(8(10)13)15-7(5)9-12-11-4-16-9/h2-4,7H,1H3,(H2,10,13). The Bertz CT molecular complexity index is 453. The Kier molecular flexibility index (Phi) is 2.86. The number of carbonyl (C=O) groups excluding carboxylic acids is 1. The molecular weight excluding hydrogens is 230 g/mol. The maximum absolute atomic E-state index is 11.0. The van der Waals surface area contributed by atoms with Crippen molar-refractivity contribution in [1.29, 1.82) is 0 Å². The lowest BCUT2D eigenvalue weighted by Gasteiger charge is -2.21. The topological polar surface area (TPSA) is 87.3 Å². The third-order valence-electron chi connectivity index (χ3n) is 1.98. The number of methoxy groups -OCH3 is 1. The number of primary amides is 1. The molecule has 1 aliphatic rings. The molecule has 0 saturated heterocycles. The van der Waals surface area contributed by atoms with Crippen LogP contribution in [0.25, 0.3) is 0 Å². The molecule has 0 saturated carbocycles. The van der Waals surface area contributed by atoms with Gasteiger partial charge >= 0.3 is 0 Å². The van der Waals surface area contributed by atoms with Crippen LogP contribution in [0.15, 0.2) is 29.2 Å². The third-order valence-corrected chi connectivity index (χ3v) is 2.72. The van der Waals surface area contributed by atoms with Gasteiger partial charge in [0.2, 0.25) is 6.10 Å². The quantitative estimate of drug-likeness (QED) is 0.830. The highest BCUT2D eigenvalue weighted by Gasteiger charge is 2.28. The first-order chi connectivity index (χ1) is 7.72. The van der Waals surface area contributed by atoms with Crippen molar-refractivity contribution in [2.45, 2.75) is 6.10 Å². The van der Waals surface area contributed by atoms with Crippen molar-refractivity contribution in [3.8, 4) is 0 Å². The van der Waals surface area contributed by atoms with Crippen molar-refractivity contribution in [3.05, 3.63) is 34.2 Å². The summed E-state index contributed by atoms with van der Waals surface area (Å²) in [5, 5.41) is 8.19. The van der Waals surface area contributed by atoms with Crippen LogP contribution >= 0.6 is 11.3 Å². The highest BCUT2D eigenvalue weighted by Crippen LogP contribution is 2.32. The molecule has 1 atom stereocenters. The first-order valence-corrected chi connectivity index (χ1v) is 5.28. The van der Waals surface area contributed by atoms with Crippen LogP contribution in [0, 0.1) is 0 Å². The SMILES string of the molecule is COC1=CC=C(C(N)=O)OC1c1nncs1. The van der Waals surface area contributed by atoms with Crippen molar-refractivity contribution >= 4 is 17.2 Å². The molecule has 0 bridgehead atoms. The van der Waals surface area contributed by atoms with Gasteiger partial charge in [0.25, 0.3) is 5.91 Å². The Hall–Kier alpha value is -1.89. The summed E-state index contributed by atoms with van der Waals surface area (Å²) in [7, 11) is 1.52. The highest BCUT2D eigenvalue weighted by atomic mass is 32.1. The Labute approximate surface area is 95.4 Å². The van der Waals surface area contributed by atoms with Crippen LogP contribution < -0.4 is 5.73 Å². The number of allylic oxidation sites excluding steroid dienone is 2. The van der Waals surface area contributed by atoms with E-state index in [1.54, 1.807) is 11.6 Å². The van der Waals surface area contributed by atoms with Crippen LogP contribution in [0.4, 0.5) is 0 Å². The van der Waals surface area contributed by atoms with Crippen LogP contribution in [0.5, 0.6) is 0 Å². The Morgan fingerprint density at radius 1 is 1.62 bits per heavy atom. The van der Waals surface area contributed by atoms with E-state index in [1.165, 1.54) is 24.5 Å². The maximum Gasteiger partial charge on any atom is 0.283 e. The molecule has 84 valence electrons. The number of hydrogen-bond acceptors (Lipinski definition) is 6. The van der Waals surface area contributed by atoms with E-state index in [0.717, 1.165) is 0 Å². The first kappa shape index (κ1) is 10.6. The number of aromatic nitrogens is 2. The van der Waals surface area contributed by atoms with E-state index < -0.39 is 12.0 Å². The van der Waals surface area contributed by atoms with Gasteiger partial charge in [-0.25, -0.2) is 0 Å². The third kappa shape index (κ3) is 1.89. The minimum atomic E-state index is -0.624. The van der Waals surface area contributed by atoms with E-state index >= 15 is 0 Å². The molecule has 16 heavy (non-hydrogen) atoms. The van der Waals surface area contributed by atoms with Gasteiger partial charge in [0.15, 0.2) is 10.8 Å². The molecule has 6 nitrogen and oxygen atoms in total. The van der Waals surface area contributed by atoms with E-state index in [2.05, 4.69) is 10.2 Å². The monoisotopic (exact) mass is 239 g/mol. The minimum absolute atomic E-state index is 0.0843. The summed E-state index contributed by atoms with van der Waals surface area (Å²) in [6.45, 7) is 0. The summed E-state index contributed by atoms with van der Waals surface area (Å²) in [5.74, 6) is 0.0173. The minimum Gasteiger partial charge on any atom is -0.497 e. The molecule has 0 radical (unpaired) electrons.